The van der Waals surface area contributed by atoms with Crippen molar-refractivity contribution in [3.8, 4) is 0 Å². The maximum atomic E-state index is 13.1. The molecule has 1 amide bonds. The highest BCUT2D eigenvalue weighted by atomic mass is 31.2. The molecule has 0 aliphatic heterocycles. The Morgan fingerprint density at radius 1 is 0.393 bits per heavy atom. The Bertz CT molecular complexity index is 1640. The number of rotatable bonds is 73. The predicted octanol–water partition coefficient (Wildman–Crippen LogP) is 25.5. The number of hydrogen-bond donors (Lipinski definition) is 3. The standard InChI is InChI=1S/C80H153N2O6P/c1-6-8-10-12-14-16-18-20-22-24-26-28-30-32-34-35-36-37-38-39-40-41-42-43-44-45-46-47-48-50-52-54-56-58-60-62-64-66-68-70-72-74-80(84)81-78(77-88-89(85,86)87-76-75-82(3,4)5)79(83)73-71-69-67-65-63-61-59-57-55-53-51-49-33-31-29-27-25-23-21-19-17-15-13-11-9-7-2/h8,10,14,16,20,22,26,28,71,73,78-79,83H,6-7,9,11-13,15,17-19,21,23-25,27,29-70,72,74-77H2,1-5H3,(H-,81,84,85,86)/p+1/b10-8-,16-14-,22-20-,28-26-,73-71+. The van der Waals surface area contributed by atoms with Crippen LogP contribution in [-0.2, 0) is 18.4 Å². The number of phosphoric ester groups is 1. The fraction of sp³-hybridized carbons (Fsp3) is 0.863. The summed E-state index contributed by atoms with van der Waals surface area (Å²) in [6.45, 7) is 4.76. The molecule has 0 heterocycles. The molecule has 8 nitrogen and oxygen atoms in total. The maximum absolute atomic E-state index is 13.1. The van der Waals surface area contributed by atoms with Crippen LogP contribution in [0, 0.1) is 0 Å². The molecule has 0 aliphatic rings. The average molecular weight is 1270 g/mol. The van der Waals surface area contributed by atoms with Crippen LogP contribution in [0.15, 0.2) is 60.8 Å². The van der Waals surface area contributed by atoms with E-state index in [1.807, 2.05) is 27.2 Å². The first-order valence-electron chi connectivity index (χ1n) is 39.2. The lowest BCUT2D eigenvalue weighted by molar-refractivity contribution is -0.870. The number of aliphatic hydroxyl groups excluding tert-OH is 1. The van der Waals surface area contributed by atoms with E-state index in [1.165, 1.54) is 315 Å². The molecular weight excluding hydrogens is 1120 g/mol. The number of hydrogen-bond acceptors (Lipinski definition) is 5. The van der Waals surface area contributed by atoms with Crippen molar-refractivity contribution < 1.29 is 32.9 Å². The highest BCUT2D eigenvalue weighted by Crippen LogP contribution is 2.43. The van der Waals surface area contributed by atoms with Gasteiger partial charge in [-0.2, -0.15) is 0 Å². The number of amides is 1. The summed E-state index contributed by atoms with van der Waals surface area (Å²) in [5.41, 5.74) is 0. The minimum Gasteiger partial charge on any atom is -0.387 e. The molecule has 0 aromatic carbocycles. The predicted molar refractivity (Wildman–Crippen MR) is 392 cm³/mol. The third kappa shape index (κ3) is 73.5. The van der Waals surface area contributed by atoms with E-state index in [9.17, 15) is 19.4 Å². The highest BCUT2D eigenvalue weighted by Gasteiger charge is 2.28. The first-order chi connectivity index (χ1) is 43.5. The zero-order valence-electron chi connectivity index (χ0n) is 60.2. The molecule has 3 unspecified atom stereocenters. The van der Waals surface area contributed by atoms with E-state index in [4.69, 9.17) is 9.05 Å². The molecule has 0 aromatic rings. The lowest BCUT2D eigenvalue weighted by atomic mass is 10.0. The van der Waals surface area contributed by atoms with Gasteiger partial charge >= 0.3 is 7.82 Å². The molecule has 9 heteroatoms. The van der Waals surface area contributed by atoms with Gasteiger partial charge in [0.25, 0.3) is 0 Å². The van der Waals surface area contributed by atoms with Crippen molar-refractivity contribution in [2.24, 2.45) is 0 Å². The number of nitrogens with one attached hydrogen (secondary N) is 1. The fourth-order valence-electron chi connectivity index (χ4n) is 12.0. The Morgan fingerprint density at radius 3 is 0.989 bits per heavy atom. The summed E-state index contributed by atoms with van der Waals surface area (Å²) in [7, 11) is 1.59. The van der Waals surface area contributed by atoms with Crippen molar-refractivity contribution in [1.82, 2.24) is 5.32 Å². The van der Waals surface area contributed by atoms with Gasteiger partial charge in [0.1, 0.15) is 13.2 Å². The van der Waals surface area contributed by atoms with Crippen molar-refractivity contribution in [1.29, 1.82) is 0 Å². The summed E-state index contributed by atoms with van der Waals surface area (Å²) in [4.78, 5) is 23.5. The van der Waals surface area contributed by atoms with Crippen LogP contribution in [0.2, 0.25) is 0 Å². The minimum atomic E-state index is -4.36. The zero-order valence-corrected chi connectivity index (χ0v) is 61.1. The van der Waals surface area contributed by atoms with E-state index < -0.39 is 20.0 Å². The molecule has 0 rings (SSSR count). The number of phosphoric acid groups is 1. The number of likely N-dealkylation sites (N-methyl/N-ethyl adjacent to an activating group) is 1. The summed E-state index contributed by atoms with van der Waals surface area (Å²) in [5, 5.41) is 14.0. The monoisotopic (exact) mass is 1270 g/mol. The molecule has 0 fully saturated rings. The van der Waals surface area contributed by atoms with Crippen molar-refractivity contribution >= 4 is 13.7 Å². The Balaban J connectivity index is 3.91. The van der Waals surface area contributed by atoms with Crippen molar-refractivity contribution in [3.63, 3.8) is 0 Å². The van der Waals surface area contributed by atoms with Crippen molar-refractivity contribution in [2.75, 3.05) is 40.9 Å². The molecule has 0 bridgehead atoms. The van der Waals surface area contributed by atoms with E-state index in [1.54, 1.807) is 6.08 Å². The zero-order chi connectivity index (χ0) is 64.8. The second-order valence-corrected chi connectivity index (χ2v) is 29.5. The quantitative estimate of drug-likeness (QED) is 0.0243. The topological polar surface area (TPSA) is 105 Å². The van der Waals surface area contributed by atoms with Gasteiger partial charge in [-0.25, -0.2) is 4.57 Å². The van der Waals surface area contributed by atoms with Gasteiger partial charge in [0.15, 0.2) is 0 Å². The molecule has 89 heavy (non-hydrogen) atoms. The van der Waals surface area contributed by atoms with Gasteiger partial charge in [-0.15, -0.1) is 0 Å². The molecule has 0 saturated carbocycles. The normalized spacial score (nSPS) is 13.8. The second-order valence-electron chi connectivity index (χ2n) is 28.1. The molecule has 0 spiro atoms. The van der Waals surface area contributed by atoms with Gasteiger partial charge < -0.3 is 19.8 Å². The lowest BCUT2D eigenvalue weighted by Gasteiger charge is -2.25. The average Bonchev–Trinajstić information content (AvgIpc) is 3.61. The van der Waals surface area contributed by atoms with E-state index in [0.717, 1.165) is 57.8 Å². The molecule has 0 aromatic heterocycles. The summed E-state index contributed by atoms with van der Waals surface area (Å²) < 4.78 is 23.9. The largest absolute Gasteiger partial charge is 0.472 e. The van der Waals surface area contributed by atoms with Crippen LogP contribution in [0.1, 0.15) is 393 Å². The number of allylic oxidation sites excluding steroid dienone is 9. The van der Waals surface area contributed by atoms with Crippen LogP contribution in [0.3, 0.4) is 0 Å². The van der Waals surface area contributed by atoms with Gasteiger partial charge in [0.2, 0.25) is 5.91 Å². The van der Waals surface area contributed by atoms with Gasteiger partial charge in [-0.3, -0.25) is 13.8 Å². The summed E-state index contributed by atoms with van der Waals surface area (Å²) in [6.07, 6.45) is 98.4. The summed E-state index contributed by atoms with van der Waals surface area (Å²) >= 11 is 0. The minimum absolute atomic E-state index is 0.0635. The molecule has 3 N–H and O–H groups in total. The van der Waals surface area contributed by atoms with Gasteiger partial charge in [-0.1, -0.05) is 389 Å². The van der Waals surface area contributed by atoms with E-state index >= 15 is 0 Å². The number of aliphatic hydroxyl groups is 1. The van der Waals surface area contributed by atoms with Crippen molar-refractivity contribution in [2.45, 2.75) is 405 Å². The number of nitrogens with zero attached hydrogens (tertiary/aromatic N) is 1. The van der Waals surface area contributed by atoms with Crippen molar-refractivity contribution in [3.05, 3.63) is 60.8 Å². The smallest absolute Gasteiger partial charge is 0.387 e. The molecular formula is C80H154N2O6P+. The molecule has 0 saturated heterocycles. The first kappa shape index (κ1) is 87.2. The van der Waals surface area contributed by atoms with Gasteiger partial charge in [-0.05, 0) is 57.8 Å². The third-order valence-corrected chi connectivity index (χ3v) is 19.0. The van der Waals surface area contributed by atoms with Crippen LogP contribution in [0.25, 0.3) is 0 Å². The number of unbranched alkanes of at least 4 members (excludes halogenated alkanes) is 52. The van der Waals surface area contributed by atoms with Crippen LogP contribution in [-0.4, -0.2) is 73.4 Å². The van der Waals surface area contributed by atoms with Crippen LogP contribution < -0.4 is 5.32 Å². The maximum Gasteiger partial charge on any atom is 0.472 e. The first-order valence-corrected chi connectivity index (χ1v) is 40.7. The number of carbonyl (C=O) groups is 1. The summed E-state index contributed by atoms with van der Waals surface area (Å²) in [5.74, 6) is -0.168. The van der Waals surface area contributed by atoms with Crippen LogP contribution >= 0.6 is 7.82 Å². The third-order valence-electron chi connectivity index (χ3n) is 18.0. The van der Waals surface area contributed by atoms with Gasteiger partial charge in [0.05, 0.1) is 39.9 Å². The fourth-order valence-corrected chi connectivity index (χ4v) is 12.7. The highest BCUT2D eigenvalue weighted by molar-refractivity contribution is 7.47. The Kier molecular flexibility index (Phi) is 69.1. The Hall–Kier alpha value is -1.80. The summed E-state index contributed by atoms with van der Waals surface area (Å²) in [6, 6.07) is -0.847. The Labute approximate surface area is 555 Å². The molecule has 0 radical (unpaired) electrons. The van der Waals surface area contributed by atoms with Gasteiger partial charge in [0, 0.05) is 6.42 Å². The second kappa shape index (κ2) is 70.5. The Morgan fingerprint density at radius 2 is 0.674 bits per heavy atom. The lowest BCUT2D eigenvalue weighted by Crippen LogP contribution is -2.45. The molecule has 524 valence electrons. The number of carbonyl (C=O) groups excluding carboxylic acids is 1. The van der Waals surface area contributed by atoms with E-state index in [-0.39, 0.29) is 19.1 Å². The van der Waals surface area contributed by atoms with E-state index in [0.29, 0.717) is 17.4 Å². The number of quaternary nitrogens is 1. The molecule has 3 atom stereocenters. The van der Waals surface area contributed by atoms with E-state index in [2.05, 4.69) is 67.8 Å². The van der Waals surface area contributed by atoms with Crippen LogP contribution in [0.4, 0.5) is 0 Å². The SMILES string of the molecule is CC/C=C\C/C=C\C/C=C\C/C=C\CCCCCCCCCCCCCCCCCCCCCCCCCCCCCCC(=O)NC(COP(=O)(O)OCC[N+](C)(C)C)C(O)/C=C/CCCCCCCCCCCCCCCCCCCCCCCCCC. The molecule has 0 aliphatic carbocycles. The van der Waals surface area contributed by atoms with Crippen LogP contribution in [0.5, 0.6) is 0 Å².